The standard InChI is InChI=1S/C26H23FN6O3/c1-15(16-4-3-5-19(27)10-16)29-25(35)21-12-28-22-8-6-17(11-20(21)22)18-7-9-23-30-26(32-33(23)13-18)31-24(34)14-36-2/h3-13,15,28H,14H2,1-2H3,(H,29,35)(H,31,32,34)/t15-/m0/s1. The van der Waals surface area contributed by atoms with E-state index in [4.69, 9.17) is 4.74 Å². The van der Waals surface area contributed by atoms with Gasteiger partial charge in [0, 0.05) is 36.0 Å². The molecule has 3 N–H and O–H groups in total. The van der Waals surface area contributed by atoms with E-state index in [2.05, 4.69) is 25.7 Å². The van der Waals surface area contributed by atoms with E-state index in [9.17, 15) is 14.0 Å². The molecule has 3 aromatic heterocycles. The average molecular weight is 487 g/mol. The fourth-order valence-electron chi connectivity index (χ4n) is 4.02. The summed E-state index contributed by atoms with van der Waals surface area (Å²) in [7, 11) is 1.43. The van der Waals surface area contributed by atoms with Crippen LogP contribution in [0, 0.1) is 5.82 Å². The van der Waals surface area contributed by atoms with E-state index in [1.54, 1.807) is 35.1 Å². The molecule has 0 aliphatic carbocycles. The van der Waals surface area contributed by atoms with Gasteiger partial charge in [0.15, 0.2) is 5.65 Å². The number of benzene rings is 2. The predicted molar refractivity (Wildman–Crippen MR) is 133 cm³/mol. The summed E-state index contributed by atoms with van der Waals surface area (Å²) < 4.78 is 20.0. The van der Waals surface area contributed by atoms with Crippen LogP contribution < -0.4 is 10.6 Å². The number of anilines is 1. The molecular formula is C26H23FN6O3. The van der Waals surface area contributed by atoms with Crippen LogP contribution in [0.15, 0.2) is 67.0 Å². The minimum atomic E-state index is -0.366. The SMILES string of the molecule is COCC(=O)Nc1nc2ccc(-c3ccc4[nH]cc(C(=O)N[C@@H](C)c5cccc(F)c5)c4c3)cn2n1. The number of rotatable bonds is 7. The van der Waals surface area contributed by atoms with E-state index < -0.39 is 0 Å². The van der Waals surface area contributed by atoms with Gasteiger partial charge in [-0.1, -0.05) is 18.2 Å². The van der Waals surface area contributed by atoms with Crippen LogP contribution in [0.3, 0.4) is 0 Å². The summed E-state index contributed by atoms with van der Waals surface area (Å²) in [5.41, 5.74) is 4.28. The second-order valence-corrected chi connectivity index (χ2v) is 8.35. The second-order valence-electron chi connectivity index (χ2n) is 8.35. The molecule has 182 valence electrons. The average Bonchev–Trinajstić information content (AvgIpc) is 3.46. The van der Waals surface area contributed by atoms with Crippen LogP contribution >= 0.6 is 0 Å². The van der Waals surface area contributed by atoms with Gasteiger partial charge < -0.3 is 15.0 Å². The van der Waals surface area contributed by atoms with E-state index >= 15 is 0 Å². The number of H-pyrrole nitrogens is 1. The van der Waals surface area contributed by atoms with E-state index in [0.717, 1.165) is 22.0 Å². The summed E-state index contributed by atoms with van der Waals surface area (Å²) in [6, 6.07) is 15.3. The minimum Gasteiger partial charge on any atom is -0.375 e. The zero-order valence-electron chi connectivity index (χ0n) is 19.6. The number of aromatic nitrogens is 4. The van der Waals surface area contributed by atoms with Crippen molar-refractivity contribution in [1.82, 2.24) is 24.9 Å². The number of halogens is 1. The Morgan fingerprint density at radius 3 is 2.78 bits per heavy atom. The summed E-state index contributed by atoms with van der Waals surface area (Å²) in [6.45, 7) is 1.72. The van der Waals surface area contributed by atoms with Crippen LogP contribution in [-0.4, -0.2) is 45.1 Å². The summed E-state index contributed by atoms with van der Waals surface area (Å²) in [6.07, 6.45) is 3.46. The van der Waals surface area contributed by atoms with Crippen molar-refractivity contribution in [3.05, 3.63) is 83.9 Å². The Morgan fingerprint density at radius 2 is 1.97 bits per heavy atom. The van der Waals surface area contributed by atoms with Gasteiger partial charge in [-0.25, -0.2) is 8.91 Å². The lowest BCUT2D eigenvalue weighted by Crippen LogP contribution is -2.26. The highest BCUT2D eigenvalue weighted by Gasteiger charge is 2.17. The van der Waals surface area contributed by atoms with E-state index in [-0.39, 0.29) is 36.2 Å². The third-order valence-corrected chi connectivity index (χ3v) is 5.81. The number of amides is 2. The molecule has 0 saturated carbocycles. The minimum absolute atomic E-state index is 0.0889. The maximum Gasteiger partial charge on any atom is 0.253 e. The molecule has 0 aliphatic heterocycles. The third-order valence-electron chi connectivity index (χ3n) is 5.81. The smallest absolute Gasteiger partial charge is 0.253 e. The van der Waals surface area contributed by atoms with Crippen LogP contribution in [0.25, 0.3) is 27.7 Å². The van der Waals surface area contributed by atoms with Gasteiger partial charge in [0.1, 0.15) is 12.4 Å². The van der Waals surface area contributed by atoms with Crippen molar-refractivity contribution >= 4 is 34.3 Å². The number of nitrogens with one attached hydrogen (secondary N) is 3. The van der Waals surface area contributed by atoms with Crippen molar-refractivity contribution in [2.24, 2.45) is 0 Å². The van der Waals surface area contributed by atoms with Crippen LogP contribution in [0.1, 0.15) is 28.9 Å². The van der Waals surface area contributed by atoms with Crippen molar-refractivity contribution in [2.75, 3.05) is 19.0 Å². The fraction of sp³-hybridized carbons (Fsp3) is 0.154. The first-order valence-corrected chi connectivity index (χ1v) is 11.2. The van der Waals surface area contributed by atoms with Crippen molar-refractivity contribution in [1.29, 1.82) is 0 Å². The largest absolute Gasteiger partial charge is 0.375 e. The molecule has 0 unspecified atom stereocenters. The van der Waals surface area contributed by atoms with E-state index in [0.29, 0.717) is 16.8 Å². The first kappa shape index (κ1) is 23.2. The van der Waals surface area contributed by atoms with Crippen molar-refractivity contribution < 1.29 is 18.7 Å². The third kappa shape index (κ3) is 4.66. The number of methoxy groups -OCH3 is 1. The van der Waals surface area contributed by atoms with Crippen LogP contribution in [0.2, 0.25) is 0 Å². The first-order chi connectivity index (χ1) is 17.4. The Balaban J connectivity index is 1.41. The molecule has 0 saturated heterocycles. The van der Waals surface area contributed by atoms with Gasteiger partial charge in [-0.3, -0.25) is 14.9 Å². The Kier molecular flexibility index (Phi) is 6.17. The van der Waals surface area contributed by atoms with Gasteiger partial charge in [-0.05, 0) is 54.4 Å². The molecular weight excluding hydrogens is 463 g/mol. The number of pyridine rings is 1. The second kappa shape index (κ2) is 9.59. The van der Waals surface area contributed by atoms with Gasteiger partial charge in [-0.2, -0.15) is 4.98 Å². The Bertz CT molecular complexity index is 1590. The zero-order chi connectivity index (χ0) is 25.2. The first-order valence-electron chi connectivity index (χ1n) is 11.2. The molecule has 2 aromatic carbocycles. The molecule has 1 atom stereocenters. The lowest BCUT2D eigenvalue weighted by molar-refractivity contribution is -0.119. The topological polar surface area (TPSA) is 113 Å². The quantitative estimate of drug-likeness (QED) is 0.321. The zero-order valence-corrected chi connectivity index (χ0v) is 19.6. The summed E-state index contributed by atoms with van der Waals surface area (Å²) in [4.78, 5) is 32.2. The molecule has 36 heavy (non-hydrogen) atoms. The molecule has 9 nitrogen and oxygen atoms in total. The lowest BCUT2D eigenvalue weighted by Gasteiger charge is -2.14. The molecule has 0 bridgehead atoms. The maximum absolute atomic E-state index is 13.6. The maximum atomic E-state index is 13.6. The van der Waals surface area contributed by atoms with Crippen LogP contribution in [-0.2, 0) is 9.53 Å². The van der Waals surface area contributed by atoms with E-state index in [1.807, 2.05) is 31.2 Å². The summed E-state index contributed by atoms with van der Waals surface area (Å²) >= 11 is 0. The summed E-state index contributed by atoms with van der Waals surface area (Å²) in [5.74, 6) is -0.775. The fourth-order valence-corrected chi connectivity index (χ4v) is 4.02. The summed E-state index contributed by atoms with van der Waals surface area (Å²) in [5, 5.41) is 10.6. The van der Waals surface area contributed by atoms with Gasteiger partial charge in [0.25, 0.3) is 11.8 Å². The number of carbonyl (C=O) groups is 2. The number of hydrogen-bond acceptors (Lipinski definition) is 5. The molecule has 0 radical (unpaired) electrons. The van der Waals surface area contributed by atoms with Crippen molar-refractivity contribution in [3.8, 4) is 11.1 Å². The Labute approximate surface area is 205 Å². The van der Waals surface area contributed by atoms with Crippen molar-refractivity contribution in [2.45, 2.75) is 13.0 Å². The van der Waals surface area contributed by atoms with Gasteiger partial charge in [-0.15, -0.1) is 5.10 Å². The Hall–Kier alpha value is -4.57. The molecule has 3 heterocycles. The van der Waals surface area contributed by atoms with Gasteiger partial charge in [0.2, 0.25) is 5.95 Å². The van der Waals surface area contributed by atoms with Crippen LogP contribution in [0.4, 0.5) is 10.3 Å². The van der Waals surface area contributed by atoms with Crippen LogP contribution in [0.5, 0.6) is 0 Å². The molecule has 0 spiro atoms. The molecule has 5 aromatic rings. The van der Waals surface area contributed by atoms with Crippen molar-refractivity contribution in [3.63, 3.8) is 0 Å². The highest BCUT2D eigenvalue weighted by molar-refractivity contribution is 6.07. The number of nitrogens with zero attached hydrogens (tertiary/aromatic N) is 3. The van der Waals surface area contributed by atoms with E-state index in [1.165, 1.54) is 19.2 Å². The lowest BCUT2D eigenvalue weighted by atomic mass is 10.0. The monoisotopic (exact) mass is 486 g/mol. The molecule has 5 rings (SSSR count). The number of aromatic amines is 1. The highest BCUT2D eigenvalue weighted by atomic mass is 19.1. The molecule has 0 fully saturated rings. The number of fused-ring (bicyclic) bond motifs is 2. The molecule has 0 aliphatic rings. The van der Waals surface area contributed by atoms with Gasteiger partial charge >= 0.3 is 0 Å². The normalized spacial score (nSPS) is 12.1. The molecule has 10 heteroatoms. The number of ether oxygens (including phenoxy) is 1. The predicted octanol–water partition coefficient (Wildman–Crippen LogP) is 4.09. The van der Waals surface area contributed by atoms with Gasteiger partial charge in [0.05, 0.1) is 11.6 Å². The Morgan fingerprint density at radius 1 is 1.14 bits per heavy atom. The molecule has 2 amide bonds. The number of hydrogen-bond donors (Lipinski definition) is 3. The number of carbonyl (C=O) groups excluding carboxylic acids is 2. The highest BCUT2D eigenvalue weighted by Crippen LogP contribution is 2.27.